The van der Waals surface area contributed by atoms with Gasteiger partial charge in [-0.3, -0.25) is 0 Å². The fourth-order valence-corrected chi connectivity index (χ4v) is 2.32. The van der Waals surface area contributed by atoms with E-state index in [1.54, 1.807) is 0 Å². The molecule has 1 heterocycles. The van der Waals surface area contributed by atoms with Crippen LogP contribution in [0.4, 0.5) is 0 Å². The number of ether oxygens (including phenoxy) is 1. The minimum atomic E-state index is 0.0542. The van der Waals surface area contributed by atoms with E-state index in [1.165, 1.54) is 0 Å². The lowest BCUT2D eigenvalue weighted by Crippen LogP contribution is -2.42. The summed E-state index contributed by atoms with van der Waals surface area (Å²) in [6.45, 7) is 8.13. The van der Waals surface area contributed by atoms with Gasteiger partial charge in [0.2, 0.25) is 0 Å². The number of hydrogen-bond donors (Lipinski definition) is 1. The summed E-state index contributed by atoms with van der Waals surface area (Å²) >= 11 is 0. The van der Waals surface area contributed by atoms with E-state index in [0.717, 1.165) is 39.1 Å². The monoisotopic (exact) mass is 241 g/mol. The van der Waals surface area contributed by atoms with Gasteiger partial charge in [-0.15, -0.1) is 0 Å². The molecule has 1 aliphatic rings. The maximum absolute atomic E-state index is 9.60. The average Bonchev–Trinajstić information content (AvgIpc) is 2.29. The van der Waals surface area contributed by atoms with Gasteiger partial charge in [0.05, 0.1) is 6.61 Å². The van der Waals surface area contributed by atoms with E-state index in [1.807, 2.05) is 0 Å². The predicted molar refractivity (Wildman–Crippen MR) is 71.0 cm³/mol. The van der Waals surface area contributed by atoms with Crippen LogP contribution in [0.2, 0.25) is 0 Å². The molecule has 100 valence electrons. The van der Waals surface area contributed by atoms with Crippen LogP contribution in [-0.4, -0.2) is 50.0 Å². The first kappa shape index (κ1) is 14.7. The van der Waals surface area contributed by atoms with Crippen molar-refractivity contribution in [1.82, 2.24) is 4.90 Å². The standard InChI is InChI=1S/C14H27NO2/c1-13(2)5-4-8-15(3)11-14(12-16)6-9-17-10-7-14/h4-5,13,16H,6-12H2,1-3H3/b5-4+. The van der Waals surface area contributed by atoms with Crippen LogP contribution in [0.25, 0.3) is 0 Å². The molecule has 1 fully saturated rings. The van der Waals surface area contributed by atoms with Crippen molar-refractivity contribution in [3.63, 3.8) is 0 Å². The zero-order chi connectivity index (χ0) is 12.7. The molecule has 0 amide bonds. The van der Waals surface area contributed by atoms with Crippen molar-refractivity contribution in [1.29, 1.82) is 0 Å². The molecule has 0 saturated carbocycles. The molecular weight excluding hydrogens is 214 g/mol. The Labute approximate surface area is 105 Å². The molecule has 1 N–H and O–H groups in total. The van der Waals surface area contributed by atoms with Crippen LogP contribution in [0.1, 0.15) is 26.7 Å². The third-order valence-corrected chi connectivity index (χ3v) is 3.43. The highest BCUT2D eigenvalue weighted by molar-refractivity contribution is 4.89. The summed E-state index contributed by atoms with van der Waals surface area (Å²) in [7, 11) is 2.12. The summed E-state index contributed by atoms with van der Waals surface area (Å²) < 4.78 is 5.38. The SMILES string of the molecule is CC(C)/C=C/CN(C)CC1(CO)CCOCC1. The van der Waals surface area contributed by atoms with Crippen molar-refractivity contribution >= 4 is 0 Å². The van der Waals surface area contributed by atoms with E-state index in [0.29, 0.717) is 5.92 Å². The van der Waals surface area contributed by atoms with E-state index in [-0.39, 0.29) is 12.0 Å². The summed E-state index contributed by atoms with van der Waals surface area (Å²) in [5, 5.41) is 9.60. The van der Waals surface area contributed by atoms with Gasteiger partial charge in [-0.05, 0) is 25.8 Å². The minimum absolute atomic E-state index is 0.0542. The van der Waals surface area contributed by atoms with Crippen molar-refractivity contribution in [2.45, 2.75) is 26.7 Å². The van der Waals surface area contributed by atoms with Gasteiger partial charge in [-0.1, -0.05) is 26.0 Å². The normalized spacial score (nSPS) is 20.6. The molecular formula is C14H27NO2. The Morgan fingerprint density at radius 3 is 2.53 bits per heavy atom. The second-order valence-corrected chi connectivity index (χ2v) is 5.64. The lowest BCUT2D eigenvalue weighted by atomic mass is 9.80. The Hall–Kier alpha value is -0.380. The van der Waals surface area contributed by atoms with Crippen molar-refractivity contribution in [2.75, 3.05) is 40.0 Å². The van der Waals surface area contributed by atoms with Crippen LogP contribution in [0, 0.1) is 11.3 Å². The van der Waals surface area contributed by atoms with Crippen molar-refractivity contribution in [3.8, 4) is 0 Å². The van der Waals surface area contributed by atoms with Crippen molar-refractivity contribution < 1.29 is 9.84 Å². The fourth-order valence-electron chi connectivity index (χ4n) is 2.32. The number of allylic oxidation sites excluding steroid dienone is 1. The average molecular weight is 241 g/mol. The van der Waals surface area contributed by atoms with Gasteiger partial charge in [0.15, 0.2) is 0 Å². The van der Waals surface area contributed by atoms with Crippen LogP contribution >= 0.6 is 0 Å². The van der Waals surface area contributed by atoms with Gasteiger partial charge in [0.25, 0.3) is 0 Å². The zero-order valence-corrected chi connectivity index (χ0v) is 11.5. The molecule has 1 saturated heterocycles. The van der Waals surface area contributed by atoms with Crippen LogP contribution < -0.4 is 0 Å². The largest absolute Gasteiger partial charge is 0.396 e. The summed E-state index contributed by atoms with van der Waals surface area (Å²) in [6.07, 6.45) is 6.39. The first-order valence-electron chi connectivity index (χ1n) is 6.62. The molecule has 3 heteroatoms. The number of likely N-dealkylation sites (N-methyl/N-ethyl adjacent to an activating group) is 1. The minimum Gasteiger partial charge on any atom is -0.396 e. The van der Waals surface area contributed by atoms with E-state index in [9.17, 15) is 5.11 Å². The fraction of sp³-hybridized carbons (Fsp3) is 0.857. The molecule has 0 aromatic carbocycles. The maximum Gasteiger partial charge on any atom is 0.0501 e. The first-order valence-corrected chi connectivity index (χ1v) is 6.62. The lowest BCUT2D eigenvalue weighted by Gasteiger charge is -2.38. The third kappa shape index (κ3) is 5.19. The van der Waals surface area contributed by atoms with Crippen LogP contribution in [-0.2, 0) is 4.74 Å². The molecule has 0 unspecified atom stereocenters. The van der Waals surface area contributed by atoms with Gasteiger partial charge in [-0.2, -0.15) is 0 Å². The topological polar surface area (TPSA) is 32.7 Å². The van der Waals surface area contributed by atoms with Crippen LogP contribution in [0.3, 0.4) is 0 Å². The lowest BCUT2D eigenvalue weighted by molar-refractivity contribution is -0.0295. The second-order valence-electron chi connectivity index (χ2n) is 5.64. The number of aliphatic hydroxyl groups is 1. The molecule has 0 aliphatic carbocycles. The Morgan fingerprint density at radius 2 is 2.00 bits per heavy atom. The van der Waals surface area contributed by atoms with Gasteiger partial charge in [-0.25, -0.2) is 0 Å². The molecule has 0 bridgehead atoms. The second kappa shape index (κ2) is 7.14. The van der Waals surface area contributed by atoms with Gasteiger partial charge in [0.1, 0.15) is 0 Å². The molecule has 3 nitrogen and oxygen atoms in total. The molecule has 0 atom stereocenters. The number of aliphatic hydroxyl groups excluding tert-OH is 1. The van der Waals surface area contributed by atoms with E-state index < -0.39 is 0 Å². The highest BCUT2D eigenvalue weighted by Crippen LogP contribution is 2.30. The highest BCUT2D eigenvalue weighted by Gasteiger charge is 2.32. The molecule has 1 aliphatic heterocycles. The number of hydrogen-bond acceptors (Lipinski definition) is 3. The van der Waals surface area contributed by atoms with Crippen LogP contribution in [0.5, 0.6) is 0 Å². The number of nitrogens with zero attached hydrogens (tertiary/aromatic N) is 1. The highest BCUT2D eigenvalue weighted by atomic mass is 16.5. The van der Waals surface area contributed by atoms with Gasteiger partial charge >= 0.3 is 0 Å². The summed E-state index contributed by atoms with van der Waals surface area (Å²) in [4.78, 5) is 2.29. The van der Waals surface area contributed by atoms with Crippen molar-refractivity contribution in [3.05, 3.63) is 12.2 Å². The summed E-state index contributed by atoms with van der Waals surface area (Å²) in [5.74, 6) is 0.610. The molecule has 0 spiro atoms. The summed E-state index contributed by atoms with van der Waals surface area (Å²) in [5.41, 5.74) is 0.0542. The van der Waals surface area contributed by atoms with Gasteiger partial charge < -0.3 is 14.7 Å². The van der Waals surface area contributed by atoms with E-state index >= 15 is 0 Å². The van der Waals surface area contributed by atoms with E-state index in [4.69, 9.17) is 4.74 Å². The Morgan fingerprint density at radius 1 is 1.35 bits per heavy atom. The third-order valence-electron chi connectivity index (χ3n) is 3.43. The predicted octanol–water partition coefficient (Wildman–Crippen LogP) is 1.92. The summed E-state index contributed by atoms with van der Waals surface area (Å²) in [6, 6.07) is 0. The number of rotatable bonds is 6. The Kier molecular flexibility index (Phi) is 6.17. The maximum atomic E-state index is 9.60. The molecule has 0 aromatic rings. The molecule has 1 rings (SSSR count). The quantitative estimate of drug-likeness (QED) is 0.721. The zero-order valence-electron chi connectivity index (χ0n) is 11.5. The van der Waals surface area contributed by atoms with E-state index in [2.05, 4.69) is 37.9 Å². The first-order chi connectivity index (χ1) is 8.08. The smallest absolute Gasteiger partial charge is 0.0501 e. The van der Waals surface area contributed by atoms with Crippen LogP contribution in [0.15, 0.2) is 12.2 Å². The Bertz CT molecular complexity index is 232. The molecule has 0 radical (unpaired) electrons. The van der Waals surface area contributed by atoms with Crippen molar-refractivity contribution in [2.24, 2.45) is 11.3 Å². The Balaban J connectivity index is 2.39. The molecule has 0 aromatic heterocycles. The van der Waals surface area contributed by atoms with Gasteiger partial charge in [0, 0.05) is 31.7 Å². The molecule has 17 heavy (non-hydrogen) atoms.